The van der Waals surface area contributed by atoms with Crippen LogP contribution in [0, 0.1) is 0 Å². The van der Waals surface area contributed by atoms with Gasteiger partial charge in [0.05, 0.1) is 5.56 Å². The molecule has 1 heterocycles. The van der Waals surface area contributed by atoms with E-state index in [0.29, 0.717) is 11.5 Å². The molecule has 1 fully saturated rings. The molecule has 0 unspecified atom stereocenters. The highest BCUT2D eigenvalue weighted by Gasteiger charge is 2.17. The maximum absolute atomic E-state index is 12.3. The van der Waals surface area contributed by atoms with E-state index in [9.17, 15) is 4.79 Å². The third-order valence-electron chi connectivity index (χ3n) is 4.86. The van der Waals surface area contributed by atoms with Crippen LogP contribution in [0.2, 0.25) is 0 Å². The third-order valence-corrected chi connectivity index (χ3v) is 4.86. The van der Waals surface area contributed by atoms with Gasteiger partial charge in [-0.05, 0) is 36.0 Å². The number of benzene rings is 1. The predicted octanol–water partition coefficient (Wildman–Crippen LogP) is 4.58. The molecule has 138 valence electrons. The fourth-order valence-electron chi connectivity index (χ4n) is 3.21. The van der Waals surface area contributed by atoms with Crippen molar-refractivity contribution in [2.45, 2.75) is 64.3 Å². The maximum Gasteiger partial charge on any atom is 0.254 e. The largest absolute Gasteiger partial charge is 0.349 e. The maximum atomic E-state index is 12.3. The van der Waals surface area contributed by atoms with Crippen LogP contribution in [-0.2, 0) is 5.41 Å². The monoisotopic (exact) mass is 352 g/mol. The van der Waals surface area contributed by atoms with Crippen molar-refractivity contribution in [2.24, 2.45) is 0 Å². The second kappa shape index (κ2) is 7.85. The van der Waals surface area contributed by atoms with Crippen molar-refractivity contribution in [1.82, 2.24) is 15.3 Å². The van der Waals surface area contributed by atoms with Crippen LogP contribution in [0.25, 0.3) is 0 Å². The van der Waals surface area contributed by atoms with Crippen LogP contribution in [-0.4, -0.2) is 21.9 Å². The molecule has 0 radical (unpaired) electrons. The lowest BCUT2D eigenvalue weighted by molar-refractivity contribution is 0.0927. The molecule has 0 bridgehead atoms. The standard InChI is InChI=1S/C21H28N4O/c1-21(2,3)16-9-11-18(12-10-16)25-20-22-13-15(14-23-20)19(26)24-17-7-5-4-6-8-17/h9-14,17H,4-8H2,1-3H3,(H,24,26)(H,22,23,25). The molecule has 1 aliphatic rings. The molecule has 0 aliphatic heterocycles. The van der Waals surface area contributed by atoms with Crippen LogP contribution in [0.5, 0.6) is 0 Å². The Hall–Kier alpha value is -2.43. The molecule has 0 atom stereocenters. The fraction of sp³-hybridized carbons (Fsp3) is 0.476. The van der Waals surface area contributed by atoms with Crippen molar-refractivity contribution in [3.8, 4) is 0 Å². The van der Waals surface area contributed by atoms with E-state index >= 15 is 0 Å². The van der Waals surface area contributed by atoms with Gasteiger partial charge in [0.1, 0.15) is 0 Å². The summed E-state index contributed by atoms with van der Waals surface area (Å²) in [6, 6.07) is 8.54. The number of rotatable bonds is 4. The van der Waals surface area contributed by atoms with Gasteiger partial charge in [-0.25, -0.2) is 9.97 Å². The van der Waals surface area contributed by atoms with Gasteiger partial charge in [0, 0.05) is 24.1 Å². The zero-order valence-corrected chi connectivity index (χ0v) is 15.9. The highest BCUT2D eigenvalue weighted by atomic mass is 16.1. The van der Waals surface area contributed by atoms with Crippen molar-refractivity contribution in [1.29, 1.82) is 0 Å². The first kappa shape index (κ1) is 18.4. The smallest absolute Gasteiger partial charge is 0.254 e. The first-order chi connectivity index (χ1) is 12.4. The summed E-state index contributed by atoms with van der Waals surface area (Å²) in [5, 5.41) is 6.26. The van der Waals surface area contributed by atoms with Crippen LogP contribution in [0.15, 0.2) is 36.7 Å². The lowest BCUT2D eigenvalue weighted by Gasteiger charge is -2.22. The molecule has 5 heteroatoms. The van der Waals surface area contributed by atoms with Crippen molar-refractivity contribution in [3.63, 3.8) is 0 Å². The van der Waals surface area contributed by atoms with Crippen molar-refractivity contribution in [3.05, 3.63) is 47.8 Å². The van der Waals surface area contributed by atoms with Crippen molar-refractivity contribution >= 4 is 17.5 Å². The topological polar surface area (TPSA) is 66.9 Å². The first-order valence-electron chi connectivity index (χ1n) is 9.42. The van der Waals surface area contributed by atoms with Gasteiger partial charge < -0.3 is 10.6 Å². The molecule has 1 saturated carbocycles. The van der Waals surface area contributed by atoms with E-state index in [1.54, 1.807) is 12.4 Å². The van der Waals surface area contributed by atoms with Crippen LogP contribution < -0.4 is 10.6 Å². The molecule has 0 saturated heterocycles. The fourth-order valence-corrected chi connectivity index (χ4v) is 3.21. The number of amides is 1. The Morgan fingerprint density at radius 1 is 1.00 bits per heavy atom. The van der Waals surface area contributed by atoms with E-state index < -0.39 is 0 Å². The first-order valence-corrected chi connectivity index (χ1v) is 9.42. The highest BCUT2D eigenvalue weighted by molar-refractivity contribution is 5.93. The summed E-state index contributed by atoms with van der Waals surface area (Å²) in [6.07, 6.45) is 8.95. The van der Waals surface area contributed by atoms with Crippen LogP contribution >= 0.6 is 0 Å². The van der Waals surface area contributed by atoms with E-state index in [1.165, 1.54) is 24.8 Å². The predicted molar refractivity (Wildman–Crippen MR) is 105 cm³/mol. The normalized spacial score (nSPS) is 15.5. The third kappa shape index (κ3) is 4.81. The molecule has 5 nitrogen and oxygen atoms in total. The van der Waals surface area contributed by atoms with Crippen LogP contribution in [0.4, 0.5) is 11.6 Å². The van der Waals surface area contributed by atoms with Gasteiger partial charge in [-0.15, -0.1) is 0 Å². The lowest BCUT2D eigenvalue weighted by Crippen LogP contribution is -2.36. The molecule has 2 N–H and O–H groups in total. The molecule has 26 heavy (non-hydrogen) atoms. The van der Waals surface area contributed by atoms with Gasteiger partial charge in [0.15, 0.2) is 0 Å². The van der Waals surface area contributed by atoms with E-state index in [1.807, 2.05) is 12.1 Å². The number of carbonyl (C=O) groups excluding carboxylic acids is 1. The minimum absolute atomic E-state index is 0.0852. The molecule has 0 spiro atoms. The van der Waals surface area contributed by atoms with Gasteiger partial charge in [0.25, 0.3) is 5.91 Å². The Bertz CT molecular complexity index is 726. The SMILES string of the molecule is CC(C)(C)c1ccc(Nc2ncc(C(=O)NC3CCCCC3)cn2)cc1. The second-order valence-corrected chi connectivity index (χ2v) is 8.06. The van der Waals surface area contributed by atoms with Crippen molar-refractivity contribution in [2.75, 3.05) is 5.32 Å². The van der Waals surface area contributed by atoms with Gasteiger partial charge in [-0.1, -0.05) is 52.2 Å². The van der Waals surface area contributed by atoms with Gasteiger partial charge in [-0.3, -0.25) is 4.79 Å². The Balaban J connectivity index is 1.59. The Morgan fingerprint density at radius 3 is 2.19 bits per heavy atom. The average Bonchev–Trinajstić information content (AvgIpc) is 2.63. The van der Waals surface area contributed by atoms with E-state index in [4.69, 9.17) is 0 Å². The molecule has 1 aromatic carbocycles. The number of anilines is 2. The molecular weight excluding hydrogens is 324 g/mol. The molecule has 3 rings (SSSR count). The number of nitrogens with zero attached hydrogens (tertiary/aromatic N) is 2. The molecular formula is C21H28N4O. The van der Waals surface area contributed by atoms with Gasteiger partial charge >= 0.3 is 0 Å². The van der Waals surface area contributed by atoms with Crippen molar-refractivity contribution < 1.29 is 4.79 Å². The van der Waals surface area contributed by atoms with Crippen LogP contribution in [0.3, 0.4) is 0 Å². The number of nitrogens with one attached hydrogen (secondary N) is 2. The summed E-state index contributed by atoms with van der Waals surface area (Å²) >= 11 is 0. The molecule has 2 aromatic rings. The molecule has 1 aromatic heterocycles. The molecule has 1 aliphatic carbocycles. The highest BCUT2D eigenvalue weighted by Crippen LogP contribution is 2.24. The molecule has 1 amide bonds. The van der Waals surface area contributed by atoms with Gasteiger partial charge in [0.2, 0.25) is 5.95 Å². The minimum Gasteiger partial charge on any atom is -0.349 e. The quantitative estimate of drug-likeness (QED) is 0.845. The zero-order valence-electron chi connectivity index (χ0n) is 15.9. The zero-order chi connectivity index (χ0) is 18.6. The summed E-state index contributed by atoms with van der Waals surface area (Å²) in [4.78, 5) is 20.9. The Morgan fingerprint density at radius 2 is 1.62 bits per heavy atom. The second-order valence-electron chi connectivity index (χ2n) is 8.06. The minimum atomic E-state index is -0.0852. The average molecular weight is 352 g/mol. The number of carbonyl (C=O) groups is 1. The summed E-state index contributed by atoms with van der Waals surface area (Å²) < 4.78 is 0. The Labute approximate surface area is 155 Å². The summed E-state index contributed by atoms with van der Waals surface area (Å²) in [6.45, 7) is 6.57. The lowest BCUT2D eigenvalue weighted by atomic mass is 9.87. The van der Waals surface area contributed by atoms with Gasteiger partial charge in [-0.2, -0.15) is 0 Å². The number of hydrogen-bond donors (Lipinski definition) is 2. The summed E-state index contributed by atoms with van der Waals surface area (Å²) in [5.74, 6) is 0.403. The number of hydrogen-bond acceptors (Lipinski definition) is 4. The summed E-state index contributed by atoms with van der Waals surface area (Å²) in [5.41, 5.74) is 2.84. The summed E-state index contributed by atoms with van der Waals surface area (Å²) in [7, 11) is 0. The number of aromatic nitrogens is 2. The van der Waals surface area contributed by atoms with Crippen LogP contribution in [0.1, 0.15) is 68.8 Å². The Kier molecular flexibility index (Phi) is 5.55. The van der Waals surface area contributed by atoms with E-state index in [-0.39, 0.29) is 17.4 Å². The van der Waals surface area contributed by atoms with E-state index in [2.05, 4.69) is 53.5 Å². The van der Waals surface area contributed by atoms with E-state index in [0.717, 1.165) is 18.5 Å².